The van der Waals surface area contributed by atoms with E-state index >= 15 is 0 Å². The highest BCUT2D eigenvalue weighted by Gasteiger charge is 2.08. The lowest BCUT2D eigenvalue weighted by molar-refractivity contribution is 0.0953. The average Bonchev–Trinajstić information content (AvgIpc) is 2.86. The third-order valence-electron chi connectivity index (χ3n) is 4.78. The first-order valence-electron chi connectivity index (χ1n) is 9.45. The van der Waals surface area contributed by atoms with E-state index in [1.807, 2.05) is 43.3 Å². The molecule has 4 heteroatoms. The monoisotopic (exact) mass is 331 g/mol. The summed E-state index contributed by atoms with van der Waals surface area (Å²) in [5, 5.41) is 3.03. The number of nitrogens with zero attached hydrogens (tertiary/aromatic N) is 2. The summed E-state index contributed by atoms with van der Waals surface area (Å²) < 4.78 is 0. The summed E-state index contributed by atoms with van der Waals surface area (Å²) in [6.45, 7) is 4.55. The average molecular weight is 332 g/mol. The molecule has 1 aliphatic rings. The van der Waals surface area contributed by atoms with Gasteiger partial charge < -0.3 is 15.1 Å². The van der Waals surface area contributed by atoms with Gasteiger partial charge in [-0.3, -0.25) is 4.79 Å². The van der Waals surface area contributed by atoms with Crippen LogP contribution in [-0.2, 0) is 0 Å². The third kappa shape index (κ3) is 6.52. The minimum atomic E-state index is 0.0350. The van der Waals surface area contributed by atoms with Crippen LogP contribution in [0.3, 0.4) is 0 Å². The Morgan fingerprint density at radius 1 is 1.00 bits per heavy atom. The molecule has 0 aromatic heterocycles. The molecular formula is C20H33N3O. The molecule has 0 spiro atoms. The molecule has 0 saturated carbocycles. The highest BCUT2D eigenvalue weighted by atomic mass is 16.1. The molecule has 0 bridgehead atoms. The Morgan fingerprint density at radius 3 is 2.29 bits per heavy atom. The van der Waals surface area contributed by atoms with Crippen molar-refractivity contribution in [2.75, 3.05) is 45.2 Å². The van der Waals surface area contributed by atoms with Crippen molar-refractivity contribution in [3.8, 4) is 0 Å². The van der Waals surface area contributed by atoms with E-state index in [2.05, 4.69) is 10.2 Å². The van der Waals surface area contributed by atoms with Crippen molar-refractivity contribution in [3.63, 3.8) is 0 Å². The highest BCUT2D eigenvalue weighted by molar-refractivity contribution is 5.94. The number of carbonyl (C=O) groups excluding carboxylic acids is 1. The second-order valence-corrected chi connectivity index (χ2v) is 7.01. The number of rotatable bonds is 8. The van der Waals surface area contributed by atoms with Crippen LogP contribution >= 0.6 is 0 Å². The summed E-state index contributed by atoms with van der Waals surface area (Å²) in [4.78, 5) is 16.8. The van der Waals surface area contributed by atoms with E-state index in [0.29, 0.717) is 0 Å². The molecule has 1 N–H and O–H groups in total. The summed E-state index contributed by atoms with van der Waals surface area (Å²) in [6.07, 6.45) is 9.03. The Bertz CT molecular complexity index is 476. The summed E-state index contributed by atoms with van der Waals surface area (Å²) in [6, 6.07) is 7.75. The maximum Gasteiger partial charge on any atom is 0.251 e. The van der Waals surface area contributed by atoms with E-state index in [-0.39, 0.29) is 5.91 Å². The van der Waals surface area contributed by atoms with Crippen LogP contribution < -0.4 is 10.2 Å². The van der Waals surface area contributed by atoms with Crippen LogP contribution in [0.25, 0.3) is 0 Å². The van der Waals surface area contributed by atoms with Gasteiger partial charge in [-0.1, -0.05) is 19.3 Å². The van der Waals surface area contributed by atoms with Crippen LogP contribution in [0.4, 0.5) is 5.69 Å². The molecule has 0 radical (unpaired) electrons. The van der Waals surface area contributed by atoms with Gasteiger partial charge in [0, 0.05) is 31.9 Å². The molecule has 1 aromatic rings. The first-order chi connectivity index (χ1) is 11.7. The van der Waals surface area contributed by atoms with Gasteiger partial charge in [0.2, 0.25) is 0 Å². The van der Waals surface area contributed by atoms with Gasteiger partial charge in [-0.2, -0.15) is 0 Å². The molecule has 1 heterocycles. The summed E-state index contributed by atoms with van der Waals surface area (Å²) in [5.74, 6) is 0.0350. The largest absolute Gasteiger partial charge is 0.378 e. The first-order valence-corrected chi connectivity index (χ1v) is 9.45. The molecule has 0 unspecified atom stereocenters. The molecule has 2 rings (SSSR count). The van der Waals surface area contributed by atoms with Crippen LogP contribution in [-0.4, -0.2) is 51.1 Å². The van der Waals surface area contributed by atoms with Crippen LogP contribution in [0.2, 0.25) is 0 Å². The number of hydrogen-bond acceptors (Lipinski definition) is 3. The number of likely N-dealkylation sites (tertiary alicyclic amines) is 1. The molecular weight excluding hydrogens is 298 g/mol. The Kier molecular flexibility index (Phi) is 8.10. The molecule has 0 aliphatic carbocycles. The number of hydrogen-bond donors (Lipinski definition) is 1. The number of nitrogens with one attached hydrogen (secondary N) is 1. The van der Waals surface area contributed by atoms with Crippen LogP contribution in [0.5, 0.6) is 0 Å². The van der Waals surface area contributed by atoms with E-state index in [1.54, 1.807) is 0 Å². The van der Waals surface area contributed by atoms with Crippen molar-refractivity contribution in [1.82, 2.24) is 10.2 Å². The van der Waals surface area contributed by atoms with Gasteiger partial charge in [0.05, 0.1) is 0 Å². The Labute approximate surface area is 147 Å². The molecule has 1 saturated heterocycles. The van der Waals surface area contributed by atoms with Crippen molar-refractivity contribution >= 4 is 11.6 Å². The van der Waals surface area contributed by atoms with E-state index < -0.39 is 0 Å². The highest BCUT2D eigenvalue weighted by Crippen LogP contribution is 2.12. The van der Waals surface area contributed by atoms with Gasteiger partial charge in [0.15, 0.2) is 0 Å². The lowest BCUT2D eigenvalue weighted by atomic mass is 10.1. The number of carbonyl (C=O) groups is 1. The number of benzene rings is 1. The first kappa shape index (κ1) is 18.8. The summed E-state index contributed by atoms with van der Waals surface area (Å²) in [5.41, 5.74) is 1.85. The molecule has 4 nitrogen and oxygen atoms in total. The minimum Gasteiger partial charge on any atom is -0.378 e. The molecule has 24 heavy (non-hydrogen) atoms. The molecule has 0 atom stereocenters. The Morgan fingerprint density at radius 2 is 1.67 bits per heavy atom. The number of unbranched alkanes of at least 4 members (excludes halogenated alkanes) is 2. The zero-order valence-corrected chi connectivity index (χ0v) is 15.4. The van der Waals surface area contributed by atoms with E-state index in [0.717, 1.165) is 24.2 Å². The quantitative estimate of drug-likeness (QED) is 0.740. The fourth-order valence-electron chi connectivity index (χ4n) is 3.21. The summed E-state index contributed by atoms with van der Waals surface area (Å²) in [7, 11) is 4.00. The standard InChI is InChI=1S/C20H33N3O/c1-22(2)19-12-10-18(11-13-19)20(24)21-14-6-5-9-17-23-15-7-3-4-8-16-23/h10-13H,3-9,14-17H2,1-2H3,(H,21,24). The fourth-order valence-corrected chi connectivity index (χ4v) is 3.21. The Balaban J connectivity index is 1.57. The van der Waals surface area contributed by atoms with Gasteiger partial charge >= 0.3 is 0 Å². The number of anilines is 1. The van der Waals surface area contributed by atoms with Gasteiger partial charge in [0.1, 0.15) is 0 Å². The third-order valence-corrected chi connectivity index (χ3v) is 4.78. The molecule has 1 amide bonds. The lowest BCUT2D eigenvalue weighted by Crippen LogP contribution is -2.26. The second kappa shape index (κ2) is 10.3. The van der Waals surface area contributed by atoms with Crippen LogP contribution in [0.1, 0.15) is 55.3 Å². The minimum absolute atomic E-state index is 0.0350. The normalized spacial score (nSPS) is 15.8. The molecule has 1 aliphatic heterocycles. The number of amides is 1. The summed E-state index contributed by atoms with van der Waals surface area (Å²) >= 11 is 0. The van der Waals surface area contributed by atoms with Gasteiger partial charge in [0.25, 0.3) is 5.91 Å². The van der Waals surface area contributed by atoms with E-state index in [4.69, 9.17) is 0 Å². The van der Waals surface area contributed by atoms with Gasteiger partial charge in [-0.05, 0) is 69.6 Å². The van der Waals surface area contributed by atoms with Crippen molar-refractivity contribution in [2.45, 2.75) is 44.9 Å². The van der Waals surface area contributed by atoms with E-state index in [9.17, 15) is 4.79 Å². The van der Waals surface area contributed by atoms with Crippen LogP contribution in [0.15, 0.2) is 24.3 Å². The second-order valence-electron chi connectivity index (χ2n) is 7.01. The topological polar surface area (TPSA) is 35.6 Å². The zero-order valence-electron chi connectivity index (χ0n) is 15.4. The van der Waals surface area contributed by atoms with Gasteiger partial charge in [-0.15, -0.1) is 0 Å². The van der Waals surface area contributed by atoms with Gasteiger partial charge in [-0.25, -0.2) is 0 Å². The fraction of sp³-hybridized carbons (Fsp3) is 0.650. The zero-order chi connectivity index (χ0) is 17.2. The van der Waals surface area contributed by atoms with Crippen molar-refractivity contribution in [2.24, 2.45) is 0 Å². The molecule has 134 valence electrons. The van der Waals surface area contributed by atoms with Crippen LogP contribution in [0, 0.1) is 0 Å². The van der Waals surface area contributed by atoms with Crippen molar-refractivity contribution in [3.05, 3.63) is 29.8 Å². The van der Waals surface area contributed by atoms with Crippen molar-refractivity contribution < 1.29 is 4.79 Å². The Hall–Kier alpha value is -1.55. The maximum absolute atomic E-state index is 12.1. The van der Waals surface area contributed by atoms with E-state index in [1.165, 1.54) is 58.2 Å². The van der Waals surface area contributed by atoms with Crippen molar-refractivity contribution in [1.29, 1.82) is 0 Å². The predicted octanol–water partition coefficient (Wildman–Crippen LogP) is 3.53. The molecule has 1 fully saturated rings. The maximum atomic E-state index is 12.1. The molecule has 1 aromatic carbocycles. The predicted molar refractivity (Wildman–Crippen MR) is 102 cm³/mol. The smallest absolute Gasteiger partial charge is 0.251 e. The lowest BCUT2D eigenvalue weighted by Gasteiger charge is -2.19. The SMILES string of the molecule is CN(C)c1ccc(C(=O)NCCCCCN2CCCCCC2)cc1.